The molecule has 0 atom stereocenters. The van der Waals surface area contributed by atoms with Crippen LogP contribution in [0.2, 0.25) is 0 Å². The lowest BCUT2D eigenvalue weighted by molar-refractivity contribution is 1.17. The Labute approximate surface area is 576 Å². The van der Waals surface area contributed by atoms with Gasteiger partial charge in [-0.15, -0.1) is 0 Å². The summed E-state index contributed by atoms with van der Waals surface area (Å²) in [5, 5.41) is -1.86. The lowest BCUT2D eigenvalue weighted by Crippen LogP contribution is -2.61. The maximum Gasteiger partial charge on any atom is 0.252 e. The topological polar surface area (TPSA) is 16.3 Å². The fraction of sp³-hybridized carbons (Fsp3) is 0. The van der Waals surface area contributed by atoms with E-state index in [1.165, 1.54) is 60.7 Å². The van der Waals surface area contributed by atoms with E-state index in [0.717, 1.165) is 18.9 Å². The van der Waals surface area contributed by atoms with Crippen molar-refractivity contribution in [2.45, 2.75) is 0 Å². The average molecular weight is 1170 g/mol. The van der Waals surface area contributed by atoms with Crippen molar-refractivity contribution in [2.75, 3.05) is 9.80 Å². The molecular formula is C84H55BN4. The molecule has 4 heterocycles. The molecule has 16 aromatic rings. The molecule has 0 amide bonds. The number of anilines is 6. The fourth-order valence-corrected chi connectivity index (χ4v) is 12.4. The quantitative estimate of drug-likeness (QED) is 0.134. The molecule has 89 heavy (non-hydrogen) atoms. The molecule has 18 rings (SSSR count). The molecule has 0 spiro atoms. The fourth-order valence-electron chi connectivity index (χ4n) is 12.4. The van der Waals surface area contributed by atoms with Gasteiger partial charge in [0.2, 0.25) is 0 Å². The van der Waals surface area contributed by atoms with Gasteiger partial charge in [-0.2, -0.15) is 0 Å². The van der Waals surface area contributed by atoms with Gasteiger partial charge in [0.25, 0.3) is 6.71 Å². The Morgan fingerprint density at radius 2 is 0.584 bits per heavy atom. The maximum atomic E-state index is 10.4. The second-order valence-electron chi connectivity index (χ2n) is 20.4. The second kappa shape index (κ2) is 20.5. The zero-order valence-corrected chi connectivity index (χ0v) is 45.4. The van der Waals surface area contributed by atoms with Gasteiger partial charge in [0.1, 0.15) is 0 Å². The molecule has 0 N–H and O–H groups in total. The summed E-state index contributed by atoms with van der Waals surface area (Å²) in [5.41, 5.74) is -14.3. The average Bonchev–Trinajstić information content (AvgIpc) is 1.49. The molecule has 2 aliphatic heterocycles. The van der Waals surface area contributed by atoms with Crippen LogP contribution in [0.3, 0.4) is 0 Å². The van der Waals surface area contributed by atoms with E-state index in [2.05, 4.69) is 0 Å². The summed E-state index contributed by atoms with van der Waals surface area (Å²) in [5.74, 6) is 0. The molecule has 0 aliphatic carbocycles. The largest absolute Gasteiger partial charge is 0.310 e. The first-order valence-corrected chi connectivity index (χ1v) is 27.3. The molecule has 2 aromatic heterocycles. The number of hydrogen-bond donors (Lipinski definition) is 0. The van der Waals surface area contributed by atoms with E-state index in [1.807, 2.05) is 0 Å². The van der Waals surface area contributed by atoms with Crippen LogP contribution in [-0.2, 0) is 0 Å². The molecule has 0 saturated heterocycles. The third-order valence-electron chi connectivity index (χ3n) is 15.9. The van der Waals surface area contributed by atoms with Crippen LogP contribution in [0, 0.1) is 0 Å². The van der Waals surface area contributed by atoms with Crippen LogP contribution in [0.1, 0.15) is 57.6 Å². The van der Waals surface area contributed by atoms with Crippen LogP contribution in [0.5, 0.6) is 0 Å². The lowest BCUT2D eigenvalue weighted by atomic mass is 9.33. The van der Waals surface area contributed by atoms with E-state index in [1.54, 1.807) is 18.2 Å². The number of benzene rings is 14. The molecule has 2 aliphatic rings. The highest BCUT2D eigenvalue weighted by molar-refractivity contribution is 7.00. The van der Waals surface area contributed by atoms with E-state index >= 15 is 0 Å². The highest BCUT2D eigenvalue weighted by Crippen LogP contribution is 2.54. The normalized spacial score (nSPS) is 19.0. The number of fused-ring (bicyclic) bond motifs is 10. The van der Waals surface area contributed by atoms with Gasteiger partial charge in [0.15, 0.2) is 0 Å². The van der Waals surface area contributed by atoms with Gasteiger partial charge in [-0.3, -0.25) is 0 Å². The third-order valence-corrected chi connectivity index (χ3v) is 15.9. The van der Waals surface area contributed by atoms with Crippen LogP contribution >= 0.6 is 0 Å². The van der Waals surface area contributed by atoms with Crippen molar-refractivity contribution < 1.29 is 57.6 Å². The molecule has 0 radical (unpaired) electrons. The molecule has 0 saturated carbocycles. The van der Waals surface area contributed by atoms with Crippen LogP contribution < -0.4 is 26.2 Å². The monoisotopic (exact) mass is 1170 g/mol. The number of aromatic nitrogens is 2. The van der Waals surface area contributed by atoms with E-state index in [9.17, 15) is 46.6 Å². The van der Waals surface area contributed by atoms with Crippen molar-refractivity contribution in [3.05, 3.63) is 333 Å². The van der Waals surface area contributed by atoms with Crippen molar-refractivity contribution >= 4 is 101 Å². The van der Waals surface area contributed by atoms with Crippen LogP contribution in [-0.4, -0.2) is 15.8 Å². The Morgan fingerprint density at radius 1 is 0.258 bits per heavy atom. The number of para-hydroxylation sites is 6. The van der Waals surface area contributed by atoms with Crippen molar-refractivity contribution in [2.24, 2.45) is 0 Å². The highest BCUT2D eigenvalue weighted by atomic mass is 15.2. The summed E-state index contributed by atoms with van der Waals surface area (Å²) in [6.07, 6.45) is 0. The number of hydrogen-bond acceptors (Lipinski definition) is 2. The van der Waals surface area contributed by atoms with Gasteiger partial charge in [0.05, 0.1) is 91.0 Å². The second-order valence-corrected chi connectivity index (χ2v) is 20.4. The number of nitrogens with zero attached hydrogens (tertiary/aromatic N) is 4. The summed E-state index contributed by atoms with van der Waals surface area (Å²) in [7, 11) is 0. The van der Waals surface area contributed by atoms with Crippen molar-refractivity contribution in [3.8, 4) is 67.0 Å². The zero-order chi connectivity index (χ0) is 95.1. The minimum atomic E-state index is -1.71. The Hall–Kier alpha value is -11.7. The van der Waals surface area contributed by atoms with Crippen molar-refractivity contribution in [1.82, 2.24) is 9.13 Å². The smallest absolute Gasteiger partial charge is 0.252 e. The van der Waals surface area contributed by atoms with E-state index in [4.69, 9.17) is 11.0 Å². The van der Waals surface area contributed by atoms with Gasteiger partial charge >= 0.3 is 0 Å². The molecule has 0 bridgehead atoms. The predicted octanol–water partition coefficient (Wildman–Crippen LogP) is 20.3. The lowest BCUT2D eigenvalue weighted by Gasteiger charge is -2.46. The molecular weight excluding hydrogens is 1080 g/mol. The molecule has 0 fully saturated rings. The van der Waals surface area contributed by atoms with Crippen LogP contribution in [0.4, 0.5) is 34.1 Å². The summed E-state index contributed by atoms with van der Waals surface area (Å²) >= 11 is 0. The van der Waals surface area contributed by atoms with Crippen molar-refractivity contribution in [1.29, 1.82) is 0 Å². The first-order valence-electron chi connectivity index (χ1n) is 48.3. The standard InChI is InChI=1S/C84H55BN4/c1-6-26-56(27-7-1)61-52-80-82-81(53-61)89(84-66(59-32-12-4-13-33-59)42-25-43-67(84)60-34-14-5-15-35-60)79-55-63(87-76-46-22-18-38-70(76)71-39-19-23-47-77(71)87)49-51-73(79)85(82)72-50-48-62(86-74-44-20-16-36-68(74)69-37-17-21-45-75(69)86)54-78(72)88(80)83-64(57-28-8-2-9-29-57)40-24-41-65(83)58-30-10-3-11-31-58/h1-55H/i2D,3D,4D,5D,8D,9D,10D,11D,12D,13D,14D,15D,16D,17D,18D,19D,20D,21D,22D,23D,24D,25D,28D,29D,30D,31D,32D,33D,34D,35D,36D,37D,38D,39D,40D,41D,42D,43D,44D,45D,46D,47D. The number of rotatable bonds is 9. The van der Waals surface area contributed by atoms with Gasteiger partial charge in [-0.05, 0) is 110 Å². The third kappa shape index (κ3) is 7.95. The van der Waals surface area contributed by atoms with E-state index in [0.29, 0.717) is 0 Å². The highest BCUT2D eigenvalue weighted by Gasteiger charge is 2.46. The minimum Gasteiger partial charge on any atom is -0.310 e. The zero-order valence-electron chi connectivity index (χ0n) is 87.4. The Morgan fingerprint density at radius 3 is 0.933 bits per heavy atom. The molecule has 414 valence electrons. The maximum absolute atomic E-state index is 10.4. The first-order chi connectivity index (χ1) is 61.6. The first kappa shape index (κ1) is 24.3. The Bertz CT molecular complexity index is 7180. The molecule has 5 heteroatoms. The summed E-state index contributed by atoms with van der Waals surface area (Å²) in [4.78, 5) is 2.25. The van der Waals surface area contributed by atoms with Gasteiger partial charge < -0.3 is 18.9 Å². The SMILES string of the molecule is [2H]c1c([2H])c([2H])c(-c2c([2H])c([2H])c([2H])c(-c3c([2H])c([2H])c([2H])c([2H])c3[2H])c2N2c3cc(-n4c5c([2H])c([2H])c([2H])c([2H])c5c5c([2H])c([2H])c([2H])c([2H])c54)ccc3B3c4ccc(-n5c6c([2H])c([2H])c([2H])c([2H])c6c6c([2H])c([2H])c([2H])c([2H])c65)cc4N(c4c(-c5c([2H])c([2H])c([2H])c([2H])c5[2H])c([2H])c([2H])c([2H])c4-c4c([2H])c([2H])c([2H])c([2H])c4[2H])c4cc(-c5ccccc5)cc2c43)c([2H])c1[2H]. The summed E-state index contributed by atoms with van der Waals surface area (Å²) in [6.45, 7) is -1.71. The summed E-state index contributed by atoms with van der Waals surface area (Å²) in [6, 6.07) is -24.3. The minimum absolute atomic E-state index is 0.0814. The van der Waals surface area contributed by atoms with Gasteiger partial charge in [0, 0.05) is 77.9 Å². The molecule has 0 unspecified atom stereocenters. The Balaban J connectivity index is 1.16. The summed E-state index contributed by atoms with van der Waals surface area (Å²) < 4.78 is 404. The van der Waals surface area contributed by atoms with Crippen molar-refractivity contribution in [3.63, 3.8) is 0 Å². The molecule has 14 aromatic carbocycles. The van der Waals surface area contributed by atoms with Crippen LogP contribution in [0.15, 0.2) is 333 Å². The predicted molar refractivity (Wildman–Crippen MR) is 376 cm³/mol. The van der Waals surface area contributed by atoms with Gasteiger partial charge in [-0.1, -0.05) is 272 Å². The van der Waals surface area contributed by atoms with E-state index in [-0.39, 0.29) is 38.9 Å². The van der Waals surface area contributed by atoms with E-state index < -0.39 is 383 Å². The Kier molecular flexibility index (Phi) is 5.59. The van der Waals surface area contributed by atoms with Crippen LogP contribution in [0.25, 0.3) is 111 Å². The van der Waals surface area contributed by atoms with Gasteiger partial charge in [-0.25, -0.2) is 0 Å². The molecule has 4 nitrogen and oxygen atoms in total.